The standard InChI is InChI=1S/C20H17FN4O3/c21-15-8-6-14(7-9-15)19(20(22)28)23-17(26)12-25-18(27)11-10-16(24-25)13-4-2-1-3-5-13/h1-11,19H,12H2,(H2,22,28)(H,23,26). The highest BCUT2D eigenvalue weighted by Crippen LogP contribution is 2.15. The zero-order valence-corrected chi connectivity index (χ0v) is 14.7. The molecule has 1 unspecified atom stereocenters. The summed E-state index contributed by atoms with van der Waals surface area (Å²) in [6.07, 6.45) is 0. The lowest BCUT2D eigenvalue weighted by Crippen LogP contribution is -2.40. The fraction of sp³-hybridized carbons (Fsp3) is 0.100. The van der Waals surface area contributed by atoms with Crippen molar-refractivity contribution >= 4 is 11.8 Å². The third-order valence-electron chi connectivity index (χ3n) is 4.02. The van der Waals surface area contributed by atoms with Gasteiger partial charge in [0.15, 0.2) is 0 Å². The fourth-order valence-corrected chi connectivity index (χ4v) is 2.64. The van der Waals surface area contributed by atoms with Gasteiger partial charge in [-0.2, -0.15) is 5.10 Å². The Labute approximate surface area is 159 Å². The quantitative estimate of drug-likeness (QED) is 0.674. The molecule has 0 aliphatic rings. The number of nitrogens with one attached hydrogen (secondary N) is 1. The van der Waals surface area contributed by atoms with Crippen molar-refractivity contribution in [1.29, 1.82) is 0 Å². The Morgan fingerprint density at radius 2 is 1.71 bits per heavy atom. The minimum absolute atomic E-state index is 0.334. The maximum Gasteiger partial charge on any atom is 0.267 e. The van der Waals surface area contributed by atoms with E-state index < -0.39 is 35.8 Å². The summed E-state index contributed by atoms with van der Waals surface area (Å²) in [7, 11) is 0. The van der Waals surface area contributed by atoms with Crippen LogP contribution < -0.4 is 16.6 Å². The van der Waals surface area contributed by atoms with Crippen molar-refractivity contribution < 1.29 is 14.0 Å². The molecule has 0 bridgehead atoms. The Bertz CT molecular complexity index is 1050. The summed E-state index contributed by atoms with van der Waals surface area (Å²) in [5.74, 6) is -1.92. The Morgan fingerprint density at radius 3 is 2.36 bits per heavy atom. The van der Waals surface area contributed by atoms with E-state index in [0.717, 1.165) is 22.4 Å². The molecule has 2 aromatic carbocycles. The monoisotopic (exact) mass is 380 g/mol. The van der Waals surface area contributed by atoms with Crippen LogP contribution in [0.3, 0.4) is 0 Å². The van der Waals surface area contributed by atoms with E-state index in [1.165, 1.54) is 18.2 Å². The number of carbonyl (C=O) groups excluding carboxylic acids is 2. The largest absolute Gasteiger partial charge is 0.368 e. The average Bonchev–Trinajstić information content (AvgIpc) is 2.69. The molecule has 7 nitrogen and oxygen atoms in total. The summed E-state index contributed by atoms with van der Waals surface area (Å²) in [4.78, 5) is 36.1. The van der Waals surface area contributed by atoms with Crippen molar-refractivity contribution in [2.45, 2.75) is 12.6 Å². The van der Waals surface area contributed by atoms with E-state index in [1.807, 2.05) is 30.3 Å². The van der Waals surface area contributed by atoms with Gasteiger partial charge >= 0.3 is 0 Å². The fourth-order valence-electron chi connectivity index (χ4n) is 2.64. The average molecular weight is 380 g/mol. The van der Waals surface area contributed by atoms with E-state index in [1.54, 1.807) is 6.07 Å². The molecule has 0 saturated carbocycles. The van der Waals surface area contributed by atoms with Crippen LogP contribution in [-0.4, -0.2) is 21.6 Å². The van der Waals surface area contributed by atoms with Gasteiger partial charge in [0, 0.05) is 11.6 Å². The van der Waals surface area contributed by atoms with Gasteiger partial charge in [0.1, 0.15) is 18.4 Å². The number of halogens is 1. The lowest BCUT2D eigenvalue weighted by molar-refractivity contribution is -0.128. The van der Waals surface area contributed by atoms with Crippen molar-refractivity contribution in [2.24, 2.45) is 5.73 Å². The number of nitrogens with zero attached hydrogens (tertiary/aromatic N) is 2. The highest BCUT2D eigenvalue weighted by atomic mass is 19.1. The van der Waals surface area contributed by atoms with Gasteiger partial charge in [-0.3, -0.25) is 14.4 Å². The second-order valence-electron chi connectivity index (χ2n) is 6.03. The number of aromatic nitrogens is 2. The third kappa shape index (κ3) is 4.47. The Balaban J connectivity index is 1.79. The first-order valence-electron chi connectivity index (χ1n) is 8.42. The molecule has 2 amide bonds. The Kier molecular flexibility index (Phi) is 5.59. The van der Waals surface area contributed by atoms with Crippen molar-refractivity contribution in [3.63, 3.8) is 0 Å². The van der Waals surface area contributed by atoms with Crippen LogP contribution >= 0.6 is 0 Å². The molecule has 28 heavy (non-hydrogen) atoms. The predicted molar refractivity (Wildman–Crippen MR) is 100 cm³/mol. The molecular weight excluding hydrogens is 363 g/mol. The second-order valence-corrected chi connectivity index (χ2v) is 6.03. The molecule has 1 atom stereocenters. The summed E-state index contributed by atoms with van der Waals surface area (Å²) in [6.45, 7) is -0.398. The highest BCUT2D eigenvalue weighted by molar-refractivity contribution is 5.87. The van der Waals surface area contributed by atoms with Crippen LogP contribution in [0.1, 0.15) is 11.6 Å². The highest BCUT2D eigenvalue weighted by Gasteiger charge is 2.21. The molecule has 0 aliphatic carbocycles. The maximum absolute atomic E-state index is 13.1. The van der Waals surface area contributed by atoms with E-state index in [4.69, 9.17) is 5.73 Å². The van der Waals surface area contributed by atoms with Gasteiger partial charge in [0.05, 0.1) is 5.69 Å². The summed E-state index contributed by atoms with van der Waals surface area (Å²) < 4.78 is 14.1. The molecule has 3 aromatic rings. The lowest BCUT2D eigenvalue weighted by atomic mass is 10.1. The normalized spacial score (nSPS) is 11.6. The van der Waals surface area contributed by atoms with Crippen LogP contribution in [0.25, 0.3) is 11.3 Å². The number of benzene rings is 2. The van der Waals surface area contributed by atoms with Crippen LogP contribution in [0.4, 0.5) is 4.39 Å². The van der Waals surface area contributed by atoms with E-state index in [-0.39, 0.29) is 0 Å². The second kappa shape index (κ2) is 8.26. The summed E-state index contributed by atoms with van der Waals surface area (Å²) in [5.41, 5.74) is 6.53. The molecule has 1 heterocycles. The Hall–Kier alpha value is -3.81. The number of hydrogen-bond donors (Lipinski definition) is 2. The zero-order valence-electron chi connectivity index (χ0n) is 14.7. The first-order valence-corrected chi connectivity index (χ1v) is 8.42. The van der Waals surface area contributed by atoms with Crippen LogP contribution in [0, 0.1) is 5.82 Å². The van der Waals surface area contributed by atoms with Gasteiger partial charge in [0.25, 0.3) is 5.56 Å². The third-order valence-corrected chi connectivity index (χ3v) is 4.02. The summed E-state index contributed by atoms with van der Waals surface area (Å²) in [5, 5.41) is 6.65. The molecule has 3 N–H and O–H groups in total. The van der Waals surface area contributed by atoms with Crippen molar-refractivity contribution in [2.75, 3.05) is 0 Å². The number of carbonyl (C=O) groups is 2. The van der Waals surface area contributed by atoms with Crippen molar-refractivity contribution in [3.8, 4) is 11.3 Å². The minimum atomic E-state index is -1.15. The molecule has 1 aromatic heterocycles. The number of primary amides is 1. The van der Waals surface area contributed by atoms with Gasteiger partial charge in [-0.25, -0.2) is 9.07 Å². The van der Waals surface area contributed by atoms with E-state index >= 15 is 0 Å². The van der Waals surface area contributed by atoms with Gasteiger partial charge in [-0.05, 0) is 23.8 Å². The SMILES string of the molecule is NC(=O)C(NC(=O)Cn1nc(-c2ccccc2)ccc1=O)c1ccc(F)cc1. The molecule has 8 heteroatoms. The maximum atomic E-state index is 13.1. The van der Waals surface area contributed by atoms with Gasteiger partial charge in [0.2, 0.25) is 11.8 Å². The van der Waals surface area contributed by atoms with E-state index in [9.17, 15) is 18.8 Å². The minimum Gasteiger partial charge on any atom is -0.368 e. The number of amides is 2. The predicted octanol–water partition coefficient (Wildman–Crippen LogP) is 1.39. The summed E-state index contributed by atoms with van der Waals surface area (Å²) >= 11 is 0. The molecule has 0 radical (unpaired) electrons. The lowest BCUT2D eigenvalue weighted by Gasteiger charge is -2.16. The van der Waals surface area contributed by atoms with Crippen LogP contribution in [0.5, 0.6) is 0 Å². The van der Waals surface area contributed by atoms with Crippen molar-refractivity contribution in [3.05, 3.63) is 88.5 Å². The molecule has 3 rings (SSSR count). The molecule has 0 aliphatic heterocycles. The van der Waals surface area contributed by atoms with Crippen LogP contribution in [-0.2, 0) is 16.1 Å². The molecule has 0 fully saturated rings. The van der Waals surface area contributed by atoms with Crippen LogP contribution in [0.15, 0.2) is 71.5 Å². The van der Waals surface area contributed by atoms with Crippen molar-refractivity contribution in [1.82, 2.24) is 15.1 Å². The molecule has 0 spiro atoms. The summed E-state index contributed by atoms with van der Waals surface area (Å²) in [6, 6.07) is 15.9. The van der Waals surface area contributed by atoms with Gasteiger partial charge < -0.3 is 11.1 Å². The first-order chi connectivity index (χ1) is 13.4. The number of rotatable bonds is 6. The zero-order chi connectivity index (χ0) is 20.1. The smallest absolute Gasteiger partial charge is 0.267 e. The number of nitrogens with two attached hydrogens (primary N) is 1. The van der Waals surface area contributed by atoms with E-state index in [2.05, 4.69) is 10.4 Å². The van der Waals surface area contributed by atoms with Gasteiger partial charge in [-0.1, -0.05) is 42.5 Å². The topological polar surface area (TPSA) is 107 Å². The first kappa shape index (κ1) is 19.0. The Morgan fingerprint density at radius 1 is 1.04 bits per heavy atom. The number of hydrogen-bond acceptors (Lipinski definition) is 4. The molecule has 0 saturated heterocycles. The molecule has 142 valence electrons. The van der Waals surface area contributed by atoms with Crippen LogP contribution in [0.2, 0.25) is 0 Å². The molecular formula is C20H17FN4O3. The van der Waals surface area contributed by atoms with Gasteiger partial charge in [-0.15, -0.1) is 0 Å². The van der Waals surface area contributed by atoms with E-state index in [0.29, 0.717) is 11.3 Å².